The lowest BCUT2D eigenvalue weighted by molar-refractivity contribution is -0.146. The summed E-state index contributed by atoms with van der Waals surface area (Å²) >= 11 is 3.36. The minimum Gasteiger partial charge on any atom is -0.507 e. The Balaban J connectivity index is 2.25. The highest BCUT2D eigenvalue weighted by atomic mass is 79.9. The van der Waals surface area contributed by atoms with Gasteiger partial charge in [-0.25, -0.2) is 4.79 Å². The molecule has 5 heteroatoms. The third kappa shape index (κ3) is 3.79. The number of carbonyl (C=O) groups is 2. The number of hydrogen-bond donors (Lipinski definition) is 2. The van der Waals surface area contributed by atoms with Crippen LogP contribution in [0.2, 0.25) is 0 Å². The number of carboxylic acids is 1. The average Bonchev–Trinajstić information content (AvgIpc) is 2.48. The zero-order chi connectivity index (χ0) is 15.4. The van der Waals surface area contributed by atoms with E-state index in [4.69, 9.17) is 5.11 Å². The highest BCUT2D eigenvalue weighted by Gasteiger charge is 2.10. The molecule has 0 atom stereocenters. The van der Waals surface area contributed by atoms with Gasteiger partial charge in [0.25, 0.3) is 5.78 Å². The second-order valence-corrected chi connectivity index (χ2v) is 5.20. The SMILES string of the molecule is O=C(O)C(=O)C=C(O)c1ccc(-c2ccc(Br)cc2)cc1. The number of aliphatic carboxylic acids is 1. The molecule has 0 unspecified atom stereocenters. The van der Waals surface area contributed by atoms with Gasteiger partial charge in [0.15, 0.2) is 0 Å². The molecule has 0 fully saturated rings. The standard InChI is InChI=1S/C16H11BrO4/c17-13-7-5-11(6-8-13)10-1-3-12(4-2-10)14(18)9-15(19)16(20)21/h1-9,18H,(H,20,21). The van der Waals surface area contributed by atoms with E-state index in [1.54, 1.807) is 24.3 Å². The van der Waals surface area contributed by atoms with E-state index in [0.29, 0.717) is 11.6 Å². The van der Waals surface area contributed by atoms with Gasteiger partial charge in [-0.15, -0.1) is 0 Å². The predicted molar refractivity (Wildman–Crippen MR) is 82.8 cm³/mol. The van der Waals surface area contributed by atoms with Crippen LogP contribution >= 0.6 is 15.9 Å². The molecular weight excluding hydrogens is 336 g/mol. The molecule has 0 amide bonds. The Morgan fingerprint density at radius 1 is 0.857 bits per heavy atom. The maximum absolute atomic E-state index is 11.0. The fraction of sp³-hybridized carbons (Fsp3) is 0. The van der Waals surface area contributed by atoms with Crippen molar-refractivity contribution in [2.75, 3.05) is 0 Å². The number of aliphatic hydroxyl groups is 1. The van der Waals surface area contributed by atoms with E-state index in [1.807, 2.05) is 24.3 Å². The van der Waals surface area contributed by atoms with Gasteiger partial charge in [0.05, 0.1) is 0 Å². The van der Waals surface area contributed by atoms with Gasteiger partial charge in [-0.3, -0.25) is 4.79 Å². The fourth-order valence-corrected chi connectivity index (χ4v) is 2.01. The zero-order valence-corrected chi connectivity index (χ0v) is 12.4. The van der Waals surface area contributed by atoms with E-state index >= 15 is 0 Å². The Morgan fingerprint density at radius 3 is 1.81 bits per heavy atom. The molecule has 2 aromatic rings. The lowest BCUT2D eigenvalue weighted by atomic mass is 10.0. The molecule has 0 spiro atoms. The van der Waals surface area contributed by atoms with Gasteiger partial charge in [0.1, 0.15) is 5.76 Å². The molecule has 2 N–H and O–H groups in total. The van der Waals surface area contributed by atoms with Crippen LogP contribution in [0.4, 0.5) is 0 Å². The molecule has 2 rings (SSSR count). The number of benzene rings is 2. The quantitative estimate of drug-likeness (QED) is 0.503. The van der Waals surface area contributed by atoms with Crippen molar-refractivity contribution in [1.82, 2.24) is 0 Å². The zero-order valence-electron chi connectivity index (χ0n) is 10.8. The first-order valence-electron chi connectivity index (χ1n) is 6.01. The second kappa shape index (κ2) is 6.37. The van der Waals surface area contributed by atoms with Crippen molar-refractivity contribution >= 4 is 33.4 Å². The normalized spacial score (nSPS) is 11.2. The summed E-state index contributed by atoms with van der Waals surface area (Å²) in [5.74, 6) is -3.14. The monoisotopic (exact) mass is 346 g/mol. The Kier molecular flexibility index (Phi) is 4.55. The Hall–Kier alpha value is -2.40. The Bertz CT molecular complexity index is 700. The van der Waals surface area contributed by atoms with Crippen molar-refractivity contribution in [2.45, 2.75) is 0 Å². The predicted octanol–water partition coefficient (Wildman–Crippen LogP) is 3.67. The molecule has 0 aliphatic heterocycles. The van der Waals surface area contributed by atoms with Crippen LogP contribution in [0.1, 0.15) is 5.56 Å². The van der Waals surface area contributed by atoms with Gasteiger partial charge in [-0.05, 0) is 23.3 Å². The summed E-state index contributed by atoms with van der Waals surface area (Å²) in [6.07, 6.45) is 0.691. The van der Waals surface area contributed by atoms with Gasteiger partial charge < -0.3 is 10.2 Å². The highest BCUT2D eigenvalue weighted by Crippen LogP contribution is 2.23. The van der Waals surface area contributed by atoms with Crippen LogP contribution in [0.15, 0.2) is 59.1 Å². The summed E-state index contributed by atoms with van der Waals surface area (Å²) in [7, 11) is 0. The number of aliphatic hydroxyl groups excluding tert-OH is 1. The number of hydrogen-bond acceptors (Lipinski definition) is 3. The number of carboxylic acid groups (broad SMARTS) is 1. The van der Waals surface area contributed by atoms with Crippen molar-refractivity contribution in [2.24, 2.45) is 0 Å². The minimum atomic E-state index is -1.60. The van der Waals surface area contributed by atoms with E-state index in [2.05, 4.69) is 15.9 Å². The Morgan fingerprint density at radius 2 is 1.33 bits per heavy atom. The average molecular weight is 347 g/mol. The first kappa shape index (κ1) is 15.0. The molecule has 0 saturated carbocycles. The van der Waals surface area contributed by atoms with Crippen molar-refractivity contribution in [3.8, 4) is 11.1 Å². The lowest BCUT2D eigenvalue weighted by Gasteiger charge is -2.04. The summed E-state index contributed by atoms with van der Waals surface area (Å²) in [5, 5.41) is 18.2. The van der Waals surface area contributed by atoms with Crippen LogP contribution in [0.25, 0.3) is 16.9 Å². The largest absolute Gasteiger partial charge is 0.507 e. The fourth-order valence-electron chi connectivity index (χ4n) is 1.75. The number of ketones is 1. The molecule has 0 radical (unpaired) electrons. The lowest BCUT2D eigenvalue weighted by Crippen LogP contribution is -2.09. The second-order valence-electron chi connectivity index (χ2n) is 4.28. The molecule has 0 heterocycles. The van der Waals surface area contributed by atoms with Crippen molar-refractivity contribution in [3.05, 3.63) is 64.6 Å². The summed E-state index contributed by atoms with van der Waals surface area (Å²) in [6.45, 7) is 0. The summed E-state index contributed by atoms with van der Waals surface area (Å²) in [6, 6.07) is 14.6. The molecular formula is C16H11BrO4. The molecule has 21 heavy (non-hydrogen) atoms. The molecule has 106 valence electrons. The van der Waals surface area contributed by atoms with Crippen LogP contribution in [0, 0.1) is 0 Å². The van der Waals surface area contributed by atoms with Gasteiger partial charge in [-0.1, -0.05) is 52.3 Å². The number of halogens is 1. The molecule has 0 bridgehead atoms. The summed E-state index contributed by atoms with van der Waals surface area (Å²) in [4.78, 5) is 21.4. The van der Waals surface area contributed by atoms with E-state index in [9.17, 15) is 14.7 Å². The number of rotatable bonds is 4. The first-order chi connectivity index (χ1) is 9.97. The molecule has 0 aliphatic carbocycles. The van der Waals surface area contributed by atoms with Gasteiger partial charge in [0.2, 0.25) is 0 Å². The first-order valence-corrected chi connectivity index (χ1v) is 6.81. The van der Waals surface area contributed by atoms with Gasteiger partial charge in [0, 0.05) is 16.1 Å². The molecule has 0 saturated heterocycles. The van der Waals surface area contributed by atoms with Crippen molar-refractivity contribution < 1.29 is 19.8 Å². The van der Waals surface area contributed by atoms with E-state index < -0.39 is 11.8 Å². The highest BCUT2D eigenvalue weighted by molar-refractivity contribution is 9.10. The molecule has 4 nitrogen and oxygen atoms in total. The van der Waals surface area contributed by atoms with Crippen LogP contribution in [-0.4, -0.2) is 22.0 Å². The van der Waals surface area contributed by atoms with Crippen molar-refractivity contribution in [1.29, 1.82) is 0 Å². The molecule has 0 aliphatic rings. The van der Waals surface area contributed by atoms with Crippen molar-refractivity contribution in [3.63, 3.8) is 0 Å². The third-order valence-electron chi connectivity index (χ3n) is 2.84. The summed E-state index contributed by atoms with van der Waals surface area (Å²) in [5.41, 5.74) is 2.34. The maximum Gasteiger partial charge on any atom is 0.376 e. The molecule has 0 aromatic heterocycles. The smallest absolute Gasteiger partial charge is 0.376 e. The van der Waals surface area contributed by atoms with Gasteiger partial charge >= 0.3 is 5.97 Å². The van der Waals surface area contributed by atoms with Crippen LogP contribution < -0.4 is 0 Å². The van der Waals surface area contributed by atoms with Crippen LogP contribution in [-0.2, 0) is 9.59 Å². The third-order valence-corrected chi connectivity index (χ3v) is 3.37. The number of carbonyl (C=O) groups excluding carboxylic acids is 1. The molecule has 2 aromatic carbocycles. The van der Waals surface area contributed by atoms with Gasteiger partial charge in [-0.2, -0.15) is 0 Å². The Labute approximate surface area is 129 Å². The minimum absolute atomic E-state index is 0.371. The van der Waals surface area contributed by atoms with E-state index in [-0.39, 0.29) is 5.76 Å². The maximum atomic E-state index is 11.0. The topological polar surface area (TPSA) is 74.6 Å². The van der Waals surface area contributed by atoms with E-state index in [0.717, 1.165) is 15.6 Å². The van der Waals surface area contributed by atoms with E-state index in [1.165, 1.54) is 0 Å². The van der Waals surface area contributed by atoms with Crippen LogP contribution in [0.5, 0.6) is 0 Å². The summed E-state index contributed by atoms with van der Waals surface area (Å²) < 4.78 is 0.982. The van der Waals surface area contributed by atoms with Crippen LogP contribution in [0.3, 0.4) is 0 Å².